The molecule has 0 saturated carbocycles. The molecule has 0 bridgehead atoms. The van der Waals surface area contributed by atoms with E-state index in [1.807, 2.05) is 0 Å². The molecule has 2 aromatic heterocycles. The van der Waals surface area contributed by atoms with Crippen molar-refractivity contribution in [3.05, 3.63) is 88.7 Å². The summed E-state index contributed by atoms with van der Waals surface area (Å²) in [6.07, 6.45) is -7.15. The van der Waals surface area contributed by atoms with E-state index in [1.54, 1.807) is 24.0 Å². The van der Waals surface area contributed by atoms with E-state index in [1.165, 1.54) is 53.3 Å². The summed E-state index contributed by atoms with van der Waals surface area (Å²) in [7, 11) is 0. The van der Waals surface area contributed by atoms with Crippen LogP contribution in [0.4, 0.5) is 27.8 Å². The second-order valence-corrected chi connectivity index (χ2v) is 10.1. The summed E-state index contributed by atoms with van der Waals surface area (Å²) in [6.45, 7) is 2.33. The minimum Gasteiger partial charge on any atom is -0.478 e. The lowest BCUT2D eigenvalue weighted by Crippen LogP contribution is -2.31. The number of aromatic carboxylic acids is 1. The molecule has 0 unspecified atom stereocenters. The lowest BCUT2D eigenvalue weighted by molar-refractivity contribution is -0.286. The van der Waals surface area contributed by atoms with Crippen LogP contribution in [0.2, 0.25) is 0 Å². The summed E-state index contributed by atoms with van der Waals surface area (Å²) in [5.74, 6) is -1.02. The molecule has 14 heteroatoms. The Morgan fingerprint density at radius 1 is 1.09 bits per heavy atom. The number of alkyl halides is 5. The summed E-state index contributed by atoms with van der Waals surface area (Å²) in [4.78, 5) is 17.2. The number of anilines is 1. The van der Waals surface area contributed by atoms with Gasteiger partial charge in [-0.1, -0.05) is 18.2 Å². The lowest BCUT2D eigenvalue weighted by Gasteiger charge is -2.30. The van der Waals surface area contributed by atoms with Gasteiger partial charge in [0.2, 0.25) is 5.88 Å². The van der Waals surface area contributed by atoms with Crippen LogP contribution < -0.4 is 19.1 Å². The molecule has 43 heavy (non-hydrogen) atoms. The number of benzene rings is 2. The second kappa shape index (κ2) is 10.4. The molecule has 2 aromatic carbocycles. The van der Waals surface area contributed by atoms with Gasteiger partial charge in [0.25, 0.3) is 0 Å². The number of carbonyl (C=O) groups is 1. The molecule has 0 amide bonds. The number of fused-ring (bicyclic) bond motifs is 2. The van der Waals surface area contributed by atoms with Crippen molar-refractivity contribution in [3.8, 4) is 23.1 Å². The third kappa shape index (κ3) is 5.64. The number of hydrogen-bond acceptors (Lipinski definition) is 7. The molecule has 6 rings (SSSR count). The van der Waals surface area contributed by atoms with Crippen LogP contribution in [0, 0.1) is 0 Å². The summed E-state index contributed by atoms with van der Waals surface area (Å²) in [6, 6.07) is 13.3. The zero-order chi connectivity index (χ0) is 30.5. The maximum absolute atomic E-state index is 14.1. The first-order valence-electron chi connectivity index (χ1n) is 13.2. The highest BCUT2D eigenvalue weighted by Crippen LogP contribution is 2.43. The predicted molar refractivity (Wildman–Crippen MR) is 141 cm³/mol. The number of rotatable bonds is 7. The van der Waals surface area contributed by atoms with E-state index in [0.717, 1.165) is 0 Å². The van der Waals surface area contributed by atoms with Gasteiger partial charge in [0.05, 0.1) is 11.3 Å². The molecular weight excluding hydrogens is 579 g/mol. The molecule has 2 aliphatic heterocycles. The molecular formula is C29H23F5N4O5. The SMILES string of the molecule is C[C@H](Oc1cc(-n2nc(C(F)(F)F)c3c2N(Cc2ccc(C(=O)O)cc2)CCC3)ccn1)c1ccc2c(c1)OC(F)(F)O2. The fourth-order valence-corrected chi connectivity index (χ4v) is 5.15. The number of nitrogens with zero attached hydrogens (tertiary/aromatic N) is 4. The average Bonchev–Trinajstić information content (AvgIpc) is 3.50. The molecule has 4 heterocycles. The molecule has 0 radical (unpaired) electrons. The van der Waals surface area contributed by atoms with Gasteiger partial charge in [-0.3, -0.25) is 0 Å². The maximum Gasteiger partial charge on any atom is 0.586 e. The highest BCUT2D eigenvalue weighted by atomic mass is 19.4. The first-order chi connectivity index (χ1) is 20.4. The standard InChI is InChI=1S/C29H23F5N4O5/c1-16(19-8-9-22-23(13-19)43-29(33,34)42-22)41-24-14-20(10-11-35-24)38-26-21(25(36-38)28(30,31)32)3-2-12-37(26)15-17-4-6-18(7-5-17)27(39)40/h4-11,13-14,16H,2-3,12,15H2,1H3,(H,39,40)/t16-/m0/s1. The molecule has 2 aliphatic rings. The Hall–Kier alpha value is -4.88. The Morgan fingerprint density at radius 2 is 1.84 bits per heavy atom. The van der Waals surface area contributed by atoms with E-state index in [9.17, 15) is 31.9 Å². The van der Waals surface area contributed by atoms with Crippen LogP contribution in [0.5, 0.6) is 17.4 Å². The minimum atomic E-state index is -4.70. The number of halogens is 5. The quantitative estimate of drug-likeness (QED) is 0.243. The van der Waals surface area contributed by atoms with Gasteiger partial charge in [-0.15, -0.1) is 8.78 Å². The molecule has 0 fully saturated rings. The maximum atomic E-state index is 14.1. The van der Waals surface area contributed by atoms with Crippen molar-refractivity contribution in [1.29, 1.82) is 0 Å². The van der Waals surface area contributed by atoms with Crippen molar-refractivity contribution in [1.82, 2.24) is 14.8 Å². The molecule has 9 nitrogen and oxygen atoms in total. The number of pyridine rings is 1. The van der Waals surface area contributed by atoms with Crippen molar-refractivity contribution in [2.24, 2.45) is 0 Å². The van der Waals surface area contributed by atoms with Crippen molar-refractivity contribution in [3.63, 3.8) is 0 Å². The van der Waals surface area contributed by atoms with E-state index >= 15 is 0 Å². The largest absolute Gasteiger partial charge is 0.586 e. The highest BCUT2D eigenvalue weighted by Gasteiger charge is 2.44. The Balaban J connectivity index is 1.31. The number of ether oxygens (including phenoxy) is 3. The normalized spacial score (nSPS) is 16.1. The van der Waals surface area contributed by atoms with Gasteiger partial charge in [-0.05, 0) is 61.2 Å². The van der Waals surface area contributed by atoms with E-state index in [0.29, 0.717) is 24.1 Å². The number of aromatic nitrogens is 3. The van der Waals surface area contributed by atoms with Crippen LogP contribution in [0.3, 0.4) is 0 Å². The smallest absolute Gasteiger partial charge is 0.478 e. The number of carboxylic acids is 1. The lowest BCUT2D eigenvalue weighted by atomic mass is 10.0. The molecule has 0 aliphatic carbocycles. The van der Waals surface area contributed by atoms with Gasteiger partial charge < -0.3 is 24.2 Å². The van der Waals surface area contributed by atoms with Crippen LogP contribution in [-0.4, -0.2) is 38.7 Å². The molecule has 0 saturated heterocycles. The van der Waals surface area contributed by atoms with Crippen molar-refractivity contribution in [2.75, 3.05) is 11.4 Å². The summed E-state index contributed by atoms with van der Waals surface area (Å²) in [5, 5.41) is 13.2. The van der Waals surface area contributed by atoms with Gasteiger partial charge >= 0.3 is 18.4 Å². The monoisotopic (exact) mass is 602 g/mol. The minimum absolute atomic E-state index is 0.0608. The van der Waals surface area contributed by atoms with E-state index in [2.05, 4.69) is 19.6 Å². The number of hydrogen-bond donors (Lipinski definition) is 1. The topological polar surface area (TPSA) is 98.9 Å². The third-order valence-electron chi connectivity index (χ3n) is 7.11. The van der Waals surface area contributed by atoms with E-state index in [-0.39, 0.29) is 53.0 Å². The highest BCUT2D eigenvalue weighted by molar-refractivity contribution is 5.87. The summed E-state index contributed by atoms with van der Waals surface area (Å²) >= 11 is 0. The van der Waals surface area contributed by atoms with Crippen LogP contribution in [-0.2, 0) is 19.1 Å². The van der Waals surface area contributed by atoms with Gasteiger partial charge in [-0.2, -0.15) is 18.3 Å². The second-order valence-electron chi connectivity index (χ2n) is 10.1. The third-order valence-corrected chi connectivity index (χ3v) is 7.11. The van der Waals surface area contributed by atoms with Crippen LogP contribution in [0.1, 0.15) is 52.2 Å². The van der Waals surface area contributed by atoms with Gasteiger partial charge in [0, 0.05) is 30.9 Å². The fourth-order valence-electron chi connectivity index (χ4n) is 5.15. The Kier molecular flexibility index (Phi) is 6.86. The molecule has 224 valence electrons. The first kappa shape index (κ1) is 28.2. The number of carboxylic acid groups (broad SMARTS) is 1. The van der Waals surface area contributed by atoms with E-state index < -0.39 is 30.2 Å². The van der Waals surface area contributed by atoms with Gasteiger partial charge in [0.1, 0.15) is 11.9 Å². The first-order valence-corrected chi connectivity index (χ1v) is 13.2. The summed E-state index contributed by atoms with van der Waals surface area (Å²) in [5.41, 5.74) is 0.632. The Morgan fingerprint density at radius 3 is 2.56 bits per heavy atom. The van der Waals surface area contributed by atoms with Crippen LogP contribution in [0.25, 0.3) is 5.69 Å². The van der Waals surface area contributed by atoms with Crippen LogP contribution in [0.15, 0.2) is 60.8 Å². The van der Waals surface area contributed by atoms with Gasteiger partial charge in [0.15, 0.2) is 17.2 Å². The predicted octanol–water partition coefficient (Wildman–Crippen LogP) is 6.40. The van der Waals surface area contributed by atoms with Crippen molar-refractivity contribution in [2.45, 2.75) is 44.9 Å². The summed E-state index contributed by atoms with van der Waals surface area (Å²) < 4.78 is 85.2. The Bertz CT molecular complexity index is 1690. The average molecular weight is 603 g/mol. The zero-order valence-corrected chi connectivity index (χ0v) is 22.4. The molecule has 0 spiro atoms. The Labute approximate surface area is 241 Å². The van der Waals surface area contributed by atoms with Crippen molar-refractivity contribution < 1.29 is 46.1 Å². The zero-order valence-electron chi connectivity index (χ0n) is 22.4. The fraction of sp³-hybridized carbons (Fsp3) is 0.276. The van der Waals surface area contributed by atoms with Crippen molar-refractivity contribution >= 4 is 11.8 Å². The van der Waals surface area contributed by atoms with E-state index in [4.69, 9.17) is 4.74 Å². The molecule has 1 N–H and O–H groups in total. The molecule has 1 atom stereocenters. The molecule has 4 aromatic rings. The van der Waals surface area contributed by atoms with Crippen LogP contribution >= 0.6 is 0 Å². The van der Waals surface area contributed by atoms with Gasteiger partial charge in [-0.25, -0.2) is 14.5 Å².